The molecule has 0 radical (unpaired) electrons. The first-order chi connectivity index (χ1) is 10.5. The van der Waals surface area contributed by atoms with Gasteiger partial charge in [0.25, 0.3) is 5.56 Å². The zero-order valence-electron chi connectivity index (χ0n) is 12.2. The molecule has 22 heavy (non-hydrogen) atoms. The van der Waals surface area contributed by atoms with Crippen LogP contribution in [-0.4, -0.2) is 16.0 Å². The Kier molecular flexibility index (Phi) is 3.87. The molecule has 2 aromatic rings. The molecule has 0 amide bonds. The molecule has 0 spiro atoms. The molecule has 6 nitrogen and oxygen atoms in total. The predicted octanol–water partition coefficient (Wildman–Crippen LogP) is 2.40. The van der Waals surface area contributed by atoms with E-state index in [-0.39, 0.29) is 11.6 Å². The topological polar surface area (TPSA) is 73.1 Å². The van der Waals surface area contributed by atoms with Crippen LogP contribution in [0, 0.1) is 6.92 Å². The Morgan fingerprint density at radius 3 is 2.73 bits per heavy atom. The fourth-order valence-electron chi connectivity index (χ4n) is 2.24. The highest BCUT2D eigenvalue weighted by Gasteiger charge is 2.23. The van der Waals surface area contributed by atoms with E-state index in [4.69, 9.17) is 11.6 Å². The van der Waals surface area contributed by atoms with E-state index in [1.165, 1.54) is 6.07 Å². The van der Waals surface area contributed by atoms with Crippen molar-refractivity contribution in [1.29, 1.82) is 0 Å². The van der Waals surface area contributed by atoms with Gasteiger partial charge in [0.15, 0.2) is 0 Å². The van der Waals surface area contributed by atoms with E-state index in [9.17, 15) is 4.79 Å². The van der Waals surface area contributed by atoms with Crippen molar-refractivity contribution in [2.75, 3.05) is 10.3 Å². The third-order valence-corrected chi connectivity index (χ3v) is 3.42. The minimum absolute atomic E-state index is 0.112. The molecule has 1 aliphatic rings. The molecular weight excluding hydrogens is 302 g/mol. The lowest BCUT2D eigenvalue weighted by atomic mass is 10.3. The Labute approximate surface area is 132 Å². The number of rotatable bonds is 3. The molecule has 2 heterocycles. The lowest BCUT2D eigenvalue weighted by Crippen LogP contribution is -2.39. The zero-order chi connectivity index (χ0) is 15.7. The van der Waals surface area contributed by atoms with Gasteiger partial charge in [-0.25, -0.2) is 15.4 Å². The Balaban J connectivity index is 1.89. The van der Waals surface area contributed by atoms with Crippen LogP contribution >= 0.6 is 11.6 Å². The number of hydrogen-bond acceptors (Lipinski definition) is 5. The lowest BCUT2D eigenvalue weighted by molar-refractivity contribution is 0.658. The number of aryl methyl sites for hydroxylation is 1. The van der Waals surface area contributed by atoms with Crippen molar-refractivity contribution in [2.24, 2.45) is 0 Å². The highest BCUT2D eigenvalue weighted by atomic mass is 35.5. The number of H-pyrrole nitrogens is 1. The Hall–Kier alpha value is -2.31. The van der Waals surface area contributed by atoms with Gasteiger partial charge in [0, 0.05) is 28.5 Å². The highest BCUT2D eigenvalue weighted by Crippen LogP contribution is 2.21. The van der Waals surface area contributed by atoms with Gasteiger partial charge in [0.2, 0.25) is 5.95 Å². The summed E-state index contributed by atoms with van der Waals surface area (Å²) < 4.78 is 0. The Morgan fingerprint density at radius 2 is 2.05 bits per heavy atom. The van der Waals surface area contributed by atoms with E-state index < -0.39 is 0 Å². The molecule has 1 aliphatic heterocycles. The Bertz CT molecular complexity index is 768. The molecule has 0 fully saturated rings. The van der Waals surface area contributed by atoms with Gasteiger partial charge in [0.1, 0.15) is 5.82 Å². The predicted molar refractivity (Wildman–Crippen MR) is 87.8 cm³/mol. The SMILES string of the molecule is Cc1cc(=O)[nH]c(N2NC(C)C=C2Nc2ccc(Cl)cc2)n1. The molecule has 0 bridgehead atoms. The summed E-state index contributed by atoms with van der Waals surface area (Å²) in [6.07, 6.45) is 2.01. The van der Waals surface area contributed by atoms with Gasteiger partial charge in [0.05, 0.1) is 0 Å². The minimum Gasteiger partial charge on any atom is -0.341 e. The van der Waals surface area contributed by atoms with Crippen molar-refractivity contribution in [2.45, 2.75) is 19.9 Å². The summed E-state index contributed by atoms with van der Waals surface area (Å²) >= 11 is 5.90. The van der Waals surface area contributed by atoms with Crippen LogP contribution in [0.4, 0.5) is 11.6 Å². The molecule has 0 aliphatic carbocycles. The van der Waals surface area contributed by atoms with E-state index in [0.717, 1.165) is 11.5 Å². The second kappa shape index (κ2) is 5.82. The maximum Gasteiger partial charge on any atom is 0.252 e. The highest BCUT2D eigenvalue weighted by molar-refractivity contribution is 6.30. The van der Waals surface area contributed by atoms with E-state index in [2.05, 4.69) is 20.7 Å². The van der Waals surface area contributed by atoms with Gasteiger partial charge in [-0.3, -0.25) is 9.78 Å². The number of benzene rings is 1. The van der Waals surface area contributed by atoms with Crippen LogP contribution in [0.15, 0.2) is 47.0 Å². The quantitative estimate of drug-likeness (QED) is 0.810. The second-order valence-electron chi connectivity index (χ2n) is 5.15. The van der Waals surface area contributed by atoms with Crippen LogP contribution in [0.1, 0.15) is 12.6 Å². The zero-order valence-corrected chi connectivity index (χ0v) is 13.0. The molecule has 3 N–H and O–H groups in total. The summed E-state index contributed by atoms with van der Waals surface area (Å²) in [6, 6.07) is 8.97. The first-order valence-corrected chi connectivity index (χ1v) is 7.28. The number of nitrogens with one attached hydrogen (secondary N) is 3. The normalized spacial score (nSPS) is 17.5. The summed E-state index contributed by atoms with van der Waals surface area (Å²) in [5.74, 6) is 1.24. The van der Waals surface area contributed by atoms with Gasteiger partial charge in [-0.05, 0) is 44.2 Å². The average Bonchev–Trinajstić information content (AvgIpc) is 2.81. The van der Waals surface area contributed by atoms with Crippen LogP contribution in [0.3, 0.4) is 0 Å². The van der Waals surface area contributed by atoms with Gasteiger partial charge in [-0.15, -0.1) is 0 Å². The molecule has 7 heteroatoms. The third-order valence-electron chi connectivity index (χ3n) is 3.17. The maximum atomic E-state index is 11.6. The van der Waals surface area contributed by atoms with E-state index in [1.807, 2.05) is 37.3 Å². The number of nitrogens with zero attached hydrogens (tertiary/aromatic N) is 2. The van der Waals surface area contributed by atoms with Crippen molar-refractivity contribution in [3.63, 3.8) is 0 Å². The van der Waals surface area contributed by atoms with Crippen LogP contribution < -0.4 is 21.3 Å². The average molecular weight is 318 g/mol. The van der Waals surface area contributed by atoms with E-state index in [0.29, 0.717) is 16.7 Å². The smallest absolute Gasteiger partial charge is 0.252 e. The summed E-state index contributed by atoms with van der Waals surface area (Å²) in [4.78, 5) is 18.7. The molecule has 1 atom stereocenters. The summed E-state index contributed by atoms with van der Waals surface area (Å²) in [5.41, 5.74) is 4.59. The minimum atomic E-state index is -0.185. The number of anilines is 2. The van der Waals surface area contributed by atoms with E-state index >= 15 is 0 Å². The summed E-state index contributed by atoms with van der Waals surface area (Å²) in [7, 11) is 0. The molecule has 1 aromatic heterocycles. The number of aromatic nitrogens is 2. The molecule has 1 aromatic carbocycles. The van der Waals surface area contributed by atoms with Crippen molar-refractivity contribution >= 4 is 23.2 Å². The van der Waals surface area contributed by atoms with Crippen LogP contribution in [0.2, 0.25) is 5.02 Å². The Morgan fingerprint density at radius 1 is 1.32 bits per heavy atom. The first kappa shape index (κ1) is 14.6. The molecule has 3 rings (SSSR count). The van der Waals surface area contributed by atoms with Crippen LogP contribution in [-0.2, 0) is 0 Å². The summed E-state index contributed by atoms with van der Waals surface area (Å²) in [6.45, 7) is 3.80. The monoisotopic (exact) mass is 317 g/mol. The number of aromatic amines is 1. The maximum absolute atomic E-state index is 11.6. The van der Waals surface area contributed by atoms with Crippen molar-refractivity contribution < 1.29 is 0 Å². The lowest BCUT2D eigenvalue weighted by Gasteiger charge is -2.22. The largest absolute Gasteiger partial charge is 0.341 e. The number of hydrazine groups is 1. The van der Waals surface area contributed by atoms with Crippen molar-refractivity contribution in [3.05, 3.63) is 63.3 Å². The van der Waals surface area contributed by atoms with Crippen molar-refractivity contribution in [3.8, 4) is 0 Å². The molecule has 1 unspecified atom stereocenters. The van der Waals surface area contributed by atoms with Gasteiger partial charge < -0.3 is 5.32 Å². The van der Waals surface area contributed by atoms with Gasteiger partial charge in [-0.2, -0.15) is 0 Å². The van der Waals surface area contributed by atoms with Gasteiger partial charge >= 0.3 is 0 Å². The fraction of sp³-hybridized carbons (Fsp3) is 0.200. The standard InChI is InChI=1S/C15H16ClN5O/c1-9-8-14(22)19-15(17-9)21-13(7-10(2)20-21)18-12-5-3-11(16)4-6-12/h3-8,10,18,20H,1-2H3,(H,17,19,22). The van der Waals surface area contributed by atoms with Crippen LogP contribution in [0.5, 0.6) is 0 Å². The first-order valence-electron chi connectivity index (χ1n) is 6.90. The fourth-order valence-corrected chi connectivity index (χ4v) is 2.37. The summed E-state index contributed by atoms with van der Waals surface area (Å²) in [5, 5.41) is 5.70. The number of hydrogen-bond donors (Lipinski definition) is 3. The molecule has 114 valence electrons. The molecule has 0 saturated carbocycles. The van der Waals surface area contributed by atoms with Crippen LogP contribution in [0.25, 0.3) is 0 Å². The molecular formula is C15H16ClN5O. The number of halogens is 1. The van der Waals surface area contributed by atoms with Crippen molar-refractivity contribution in [1.82, 2.24) is 15.4 Å². The molecule has 0 saturated heterocycles. The van der Waals surface area contributed by atoms with E-state index in [1.54, 1.807) is 11.9 Å². The second-order valence-corrected chi connectivity index (χ2v) is 5.58. The van der Waals surface area contributed by atoms with Gasteiger partial charge in [-0.1, -0.05) is 11.6 Å². The third kappa shape index (κ3) is 3.13.